The van der Waals surface area contributed by atoms with E-state index in [-0.39, 0.29) is 18.4 Å². The minimum absolute atomic E-state index is 0.111. The molecule has 7 heteroatoms. The lowest BCUT2D eigenvalue weighted by Gasteiger charge is -2.18. The van der Waals surface area contributed by atoms with E-state index in [1.807, 2.05) is 0 Å². The van der Waals surface area contributed by atoms with E-state index in [9.17, 15) is 9.59 Å². The topological polar surface area (TPSA) is 67.9 Å². The van der Waals surface area contributed by atoms with Crippen molar-refractivity contribution in [3.63, 3.8) is 0 Å². The van der Waals surface area contributed by atoms with Crippen LogP contribution in [-0.2, 0) is 4.79 Å². The number of anilines is 1. The van der Waals surface area contributed by atoms with Crippen molar-refractivity contribution in [2.24, 2.45) is 5.92 Å². The van der Waals surface area contributed by atoms with E-state index >= 15 is 0 Å². The van der Waals surface area contributed by atoms with Crippen LogP contribution in [-0.4, -0.2) is 44.0 Å². The van der Waals surface area contributed by atoms with Crippen molar-refractivity contribution in [2.45, 2.75) is 13.8 Å². The quantitative estimate of drug-likeness (QED) is 0.719. The summed E-state index contributed by atoms with van der Waals surface area (Å²) in [5.74, 6) is 1.00. The summed E-state index contributed by atoms with van der Waals surface area (Å²) in [5.41, 5.74) is 0.931. The fourth-order valence-electron chi connectivity index (χ4n) is 2.43. The molecule has 0 bridgehead atoms. The Balaban J connectivity index is 1.96. The van der Waals surface area contributed by atoms with Gasteiger partial charge >= 0.3 is 0 Å². The van der Waals surface area contributed by atoms with E-state index in [1.54, 1.807) is 49.5 Å². The van der Waals surface area contributed by atoms with E-state index < -0.39 is 0 Å². The molecule has 1 N–H and O–H groups in total. The molecule has 2 aromatic rings. The number of rotatable bonds is 8. The molecular formula is C21H25ClN2O4. The Bertz CT molecular complexity index is 822. The minimum Gasteiger partial charge on any atom is -0.495 e. The van der Waals surface area contributed by atoms with Gasteiger partial charge in [-0.3, -0.25) is 9.59 Å². The second kappa shape index (κ2) is 9.99. The fraction of sp³-hybridized carbons (Fsp3) is 0.333. The van der Waals surface area contributed by atoms with Crippen LogP contribution in [0.4, 0.5) is 5.69 Å². The Kier molecular flexibility index (Phi) is 7.70. The van der Waals surface area contributed by atoms with Crippen LogP contribution in [0.1, 0.15) is 24.2 Å². The SMILES string of the molecule is COc1ccc(Cl)cc1NC(=O)CN(C)C(=O)c1ccc(OCC(C)C)cc1. The molecule has 0 aromatic heterocycles. The lowest BCUT2D eigenvalue weighted by molar-refractivity contribution is -0.116. The number of nitrogens with one attached hydrogen (secondary N) is 1. The summed E-state index contributed by atoms with van der Waals surface area (Å²) in [5, 5.41) is 3.19. The molecule has 2 amide bonds. The Morgan fingerprint density at radius 1 is 1.14 bits per heavy atom. The van der Waals surface area contributed by atoms with Crippen molar-refractivity contribution in [1.29, 1.82) is 0 Å². The number of hydrogen-bond donors (Lipinski definition) is 1. The standard InChI is InChI=1S/C21H25ClN2O4/c1-14(2)13-28-17-8-5-15(6-9-17)21(26)24(3)12-20(25)23-18-11-16(22)7-10-19(18)27-4/h5-11,14H,12-13H2,1-4H3,(H,23,25). The maximum Gasteiger partial charge on any atom is 0.254 e. The lowest BCUT2D eigenvalue weighted by Crippen LogP contribution is -2.35. The highest BCUT2D eigenvalue weighted by molar-refractivity contribution is 6.31. The summed E-state index contributed by atoms with van der Waals surface area (Å²) in [6.07, 6.45) is 0. The van der Waals surface area contributed by atoms with Gasteiger partial charge in [0.25, 0.3) is 5.91 Å². The molecular weight excluding hydrogens is 380 g/mol. The number of carbonyl (C=O) groups excluding carboxylic acids is 2. The first kappa shape index (κ1) is 21.6. The molecule has 2 aromatic carbocycles. The average molecular weight is 405 g/mol. The van der Waals surface area contributed by atoms with Crippen molar-refractivity contribution >= 4 is 29.1 Å². The van der Waals surface area contributed by atoms with Gasteiger partial charge in [0.05, 0.1) is 25.9 Å². The van der Waals surface area contributed by atoms with Gasteiger partial charge in [0.15, 0.2) is 0 Å². The number of likely N-dealkylation sites (N-methyl/N-ethyl adjacent to an activating group) is 1. The summed E-state index contributed by atoms with van der Waals surface area (Å²) in [4.78, 5) is 26.2. The Morgan fingerprint density at radius 2 is 1.82 bits per heavy atom. The molecule has 0 saturated heterocycles. The minimum atomic E-state index is -0.353. The second-order valence-corrected chi connectivity index (χ2v) is 7.22. The molecule has 28 heavy (non-hydrogen) atoms. The molecule has 0 aliphatic rings. The van der Waals surface area contributed by atoms with Gasteiger partial charge < -0.3 is 19.7 Å². The molecule has 0 aliphatic heterocycles. The van der Waals surface area contributed by atoms with Gasteiger partial charge in [-0.1, -0.05) is 25.4 Å². The molecule has 0 aliphatic carbocycles. The van der Waals surface area contributed by atoms with Crippen molar-refractivity contribution in [3.8, 4) is 11.5 Å². The van der Waals surface area contributed by atoms with Gasteiger partial charge in [-0.05, 0) is 48.4 Å². The molecule has 0 spiro atoms. The largest absolute Gasteiger partial charge is 0.495 e. The van der Waals surface area contributed by atoms with Crippen molar-refractivity contribution in [2.75, 3.05) is 32.6 Å². The van der Waals surface area contributed by atoms with Crippen molar-refractivity contribution in [3.05, 3.63) is 53.1 Å². The van der Waals surface area contributed by atoms with Gasteiger partial charge in [0.1, 0.15) is 11.5 Å². The first-order chi connectivity index (χ1) is 13.3. The third-order valence-corrected chi connectivity index (χ3v) is 4.08. The fourth-order valence-corrected chi connectivity index (χ4v) is 2.60. The summed E-state index contributed by atoms with van der Waals surface area (Å²) >= 11 is 5.96. The summed E-state index contributed by atoms with van der Waals surface area (Å²) < 4.78 is 10.8. The number of nitrogens with zero attached hydrogens (tertiary/aromatic N) is 1. The van der Waals surface area contributed by atoms with E-state index in [4.69, 9.17) is 21.1 Å². The number of carbonyl (C=O) groups is 2. The number of hydrogen-bond acceptors (Lipinski definition) is 4. The van der Waals surface area contributed by atoms with Gasteiger partial charge in [-0.25, -0.2) is 0 Å². The smallest absolute Gasteiger partial charge is 0.254 e. The number of methoxy groups -OCH3 is 1. The van der Waals surface area contributed by atoms with Crippen LogP contribution in [0, 0.1) is 5.92 Å². The molecule has 0 atom stereocenters. The normalized spacial score (nSPS) is 10.5. The maximum atomic E-state index is 12.5. The summed E-state index contributed by atoms with van der Waals surface area (Å²) in [6, 6.07) is 11.8. The van der Waals surface area contributed by atoms with Crippen LogP contribution in [0.3, 0.4) is 0 Å². The highest BCUT2D eigenvalue weighted by atomic mass is 35.5. The number of amides is 2. The van der Waals surface area contributed by atoms with Crippen LogP contribution in [0.25, 0.3) is 0 Å². The third-order valence-electron chi connectivity index (χ3n) is 3.85. The molecule has 2 rings (SSSR count). The van der Waals surface area contributed by atoms with Crippen LogP contribution < -0.4 is 14.8 Å². The van der Waals surface area contributed by atoms with Crippen LogP contribution >= 0.6 is 11.6 Å². The zero-order valence-corrected chi connectivity index (χ0v) is 17.2. The van der Waals surface area contributed by atoms with Gasteiger partial charge in [0, 0.05) is 17.6 Å². The van der Waals surface area contributed by atoms with E-state index in [2.05, 4.69) is 19.2 Å². The number of halogens is 1. The van der Waals surface area contributed by atoms with E-state index in [0.717, 1.165) is 0 Å². The highest BCUT2D eigenvalue weighted by Crippen LogP contribution is 2.27. The summed E-state index contributed by atoms with van der Waals surface area (Å²) in [6.45, 7) is 4.63. The van der Waals surface area contributed by atoms with Crippen LogP contribution in [0.5, 0.6) is 11.5 Å². The predicted octanol–water partition coefficient (Wildman–Crippen LogP) is 4.09. The Morgan fingerprint density at radius 3 is 2.43 bits per heavy atom. The number of benzene rings is 2. The summed E-state index contributed by atoms with van der Waals surface area (Å²) in [7, 11) is 3.07. The van der Waals surface area contributed by atoms with E-state index in [1.165, 1.54) is 12.0 Å². The first-order valence-corrected chi connectivity index (χ1v) is 9.29. The molecule has 0 heterocycles. The van der Waals surface area contributed by atoms with Gasteiger partial charge in [0.2, 0.25) is 5.91 Å². The zero-order chi connectivity index (χ0) is 20.7. The molecule has 0 radical (unpaired) electrons. The molecule has 0 unspecified atom stereocenters. The maximum absolute atomic E-state index is 12.5. The van der Waals surface area contributed by atoms with Gasteiger partial charge in [-0.2, -0.15) is 0 Å². The van der Waals surface area contributed by atoms with Crippen molar-refractivity contribution in [1.82, 2.24) is 4.90 Å². The molecule has 0 fully saturated rings. The molecule has 6 nitrogen and oxygen atoms in total. The predicted molar refractivity (Wildman–Crippen MR) is 110 cm³/mol. The lowest BCUT2D eigenvalue weighted by atomic mass is 10.2. The Labute approximate surface area is 170 Å². The molecule has 0 saturated carbocycles. The van der Waals surface area contributed by atoms with Gasteiger partial charge in [-0.15, -0.1) is 0 Å². The average Bonchev–Trinajstić information content (AvgIpc) is 2.66. The van der Waals surface area contributed by atoms with E-state index in [0.29, 0.717) is 40.3 Å². The monoisotopic (exact) mass is 404 g/mol. The zero-order valence-electron chi connectivity index (χ0n) is 16.5. The van der Waals surface area contributed by atoms with Crippen LogP contribution in [0.15, 0.2) is 42.5 Å². The second-order valence-electron chi connectivity index (χ2n) is 6.78. The van der Waals surface area contributed by atoms with Crippen molar-refractivity contribution < 1.29 is 19.1 Å². The molecule has 150 valence electrons. The first-order valence-electron chi connectivity index (χ1n) is 8.92. The number of ether oxygens (including phenoxy) is 2. The Hall–Kier alpha value is -2.73. The third kappa shape index (κ3) is 6.16. The highest BCUT2D eigenvalue weighted by Gasteiger charge is 2.16. The van der Waals surface area contributed by atoms with Crippen LogP contribution in [0.2, 0.25) is 5.02 Å².